The Morgan fingerprint density at radius 3 is 2.23 bits per heavy atom. The molecule has 0 aromatic heterocycles. The molecule has 0 aliphatic rings. The SMILES string of the molecule is CCC(Oc1cccc2ccccc12)C(=O)Nc1cccc(C(=O)c2ccc(C(C)(C)C)cc2)c1. The smallest absolute Gasteiger partial charge is 0.265 e. The van der Waals surface area contributed by atoms with Crippen LogP contribution in [-0.2, 0) is 10.2 Å². The first kappa shape index (κ1) is 24.2. The van der Waals surface area contributed by atoms with Gasteiger partial charge in [0.25, 0.3) is 5.91 Å². The molecule has 0 aliphatic carbocycles. The van der Waals surface area contributed by atoms with Crippen molar-refractivity contribution < 1.29 is 14.3 Å². The second-order valence-electron chi connectivity index (χ2n) is 9.72. The molecule has 0 spiro atoms. The lowest BCUT2D eigenvalue weighted by molar-refractivity contribution is -0.122. The molecule has 1 N–H and O–H groups in total. The lowest BCUT2D eigenvalue weighted by Crippen LogP contribution is -2.32. The molecule has 1 atom stereocenters. The Balaban J connectivity index is 1.49. The van der Waals surface area contributed by atoms with Crippen LogP contribution in [0.2, 0.25) is 0 Å². The summed E-state index contributed by atoms with van der Waals surface area (Å²) < 4.78 is 6.12. The van der Waals surface area contributed by atoms with E-state index < -0.39 is 6.10 Å². The summed E-state index contributed by atoms with van der Waals surface area (Å²) in [6.45, 7) is 8.34. The number of rotatable bonds is 7. The lowest BCUT2D eigenvalue weighted by atomic mass is 9.86. The number of hydrogen-bond acceptors (Lipinski definition) is 3. The predicted octanol–water partition coefficient (Wildman–Crippen LogP) is 7.16. The fourth-order valence-electron chi connectivity index (χ4n) is 4.02. The summed E-state index contributed by atoms with van der Waals surface area (Å²) >= 11 is 0. The van der Waals surface area contributed by atoms with Crippen molar-refractivity contribution in [2.75, 3.05) is 5.32 Å². The quantitative estimate of drug-likeness (QED) is 0.295. The largest absolute Gasteiger partial charge is 0.480 e. The van der Waals surface area contributed by atoms with Crippen LogP contribution in [0, 0.1) is 0 Å². The van der Waals surface area contributed by atoms with Crippen LogP contribution in [0.4, 0.5) is 5.69 Å². The first-order valence-electron chi connectivity index (χ1n) is 12.0. The van der Waals surface area contributed by atoms with Gasteiger partial charge in [-0.25, -0.2) is 0 Å². The van der Waals surface area contributed by atoms with E-state index >= 15 is 0 Å². The Morgan fingerprint density at radius 2 is 1.51 bits per heavy atom. The highest BCUT2D eigenvalue weighted by molar-refractivity contribution is 6.09. The number of ether oxygens (including phenoxy) is 1. The highest BCUT2D eigenvalue weighted by Crippen LogP contribution is 2.27. The van der Waals surface area contributed by atoms with Gasteiger partial charge in [-0.05, 0) is 41.0 Å². The molecule has 0 heterocycles. The molecule has 0 aliphatic heterocycles. The van der Waals surface area contributed by atoms with Crippen molar-refractivity contribution in [3.8, 4) is 5.75 Å². The molecule has 4 heteroatoms. The minimum absolute atomic E-state index is 0.0235. The van der Waals surface area contributed by atoms with Crippen molar-refractivity contribution >= 4 is 28.2 Å². The Labute approximate surface area is 206 Å². The Bertz CT molecular complexity index is 1340. The molecule has 0 radical (unpaired) electrons. The van der Waals surface area contributed by atoms with Crippen molar-refractivity contribution in [2.24, 2.45) is 0 Å². The number of anilines is 1. The maximum atomic E-state index is 13.1. The zero-order valence-electron chi connectivity index (χ0n) is 20.7. The van der Waals surface area contributed by atoms with E-state index in [-0.39, 0.29) is 17.1 Å². The second-order valence-corrected chi connectivity index (χ2v) is 9.72. The monoisotopic (exact) mass is 465 g/mol. The zero-order valence-corrected chi connectivity index (χ0v) is 20.7. The maximum absolute atomic E-state index is 13.1. The van der Waals surface area contributed by atoms with Crippen molar-refractivity contribution in [3.63, 3.8) is 0 Å². The first-order chi connectivity index (χ1) is 16.8. The van der Waals surface area contributed by atoms with Gasteiger partial charge in [0, 0.05) is 22.2 Å². The van der Waals surface area contributed by atoms with Crippen LogP contribution in [0.25, 0.3) is 10.8 Å². The summed E-state index contributed by atoms with van der Waals surface area (Å²) in [5, 5.41) is 4.94. The third-order valence-electron chi connectivity index (χ3n) is 6.09. The highest BCUT2D eigenvalue weighted by atomic mass is 16.5. The van der Waals surface area contributed by atoms with Crippen LogP contribution in [-0.4, -0.2) is 17.8 Å². The Hall–Kier alpha value is -3.92. The van der Waals surface area contributed by atoms with E-state index in [1.165, 1.54) is 5.56 Å². The van der Waals surface area contributed by atoms with E-state index in [4.69, 9.17) is 4.74 Å². The number of ketones is 1. The summed E-state index contributed by atoms with van der Waals surface area (Å²) in [7, 11) is 0. The van der Waals surface area contributed by atoms with Gasteiger partial charge in [0.2, 0.25) is 0 Å². The van der Waals surface area contributed by atoms with E-state index in [9.17, 15) is 9.59 Å². The molecule has 4 aromatic rings. The molecule has 1 amide bonds. The molecule has 4 rings (SSSR count). The van der Waals surface area contributed by atoms with Gasteiger partial charge in [0.15, 0.2) is 11.9 Å². The standard InChI is InChI=1S/C31H31NO3/c1-5-27(35-28-15-9-11-21-10-6-7-14-26(21)28)30(34)32-25-13-8-12-23(20-25)29(33)22-16-18-24(19-17-22)31(2,3)4/h6-20,27H,5H2,1-4H3,(H,32,34). The normalized spacial score (nSPS) is 12.2. The van der Waals surface area contributed by atoms with Gasteiger partial charge in [-0.15, -0.1) is 0 Å². The topological polar surface area (TPSA) is 55.4 Å². The third-order valence-corrected chi connectivity index (χ3v) is 6.09. The molecular formula is C31H31NO3. The first-order valence-corrected chi connectivity index (χ1v) is 12.0. The molecule has 4 nitrogen and oxygen atoms in total. The van der Waals surface area contributed by atoms with E-state index in [1.54, 1.807) is 24.3 Å². The van der Waals surface area contributed by atoms with Gasteiger partial charge >= 0.3 is 0 Å². The summed E-state index contributed by atoms with van der Waals surface area (Å²) in [6.07, 6.45) is -0.154. The highest BCUT2D eigenvalue weighted by Gasteiger charge is 2.20. The molecular weight excluding hydrogens is 434 g/mol. The van der Waals surface area contributed by atoms with Gasteiger partial charge in [-0.2, -0.15) is 0 Å². The van der Waals surface area contributed by atoms with Crippen molar-refractivity contribution in [1.29, 1.82) is 0 Å². The van der Waals surface area contributed by atoms with E-state index in [1.807, 2.05) is 73.7 Å². The molecule has 0 bridgehead atoms. The van der Waals surface area contributed by atoms with Gasteiger partial charge in [0.1, 0.15) is 5.75 Å². The van der Waals surface area contributed by atoms with Gasteiger partial charge in [-0.1, -0.05) is 100 Å². The van der Waals surface area contributed by atoms with Crippen LogP contribution < -0.4 is 10.1 Å². The average molecular weight is 466 g/mol. The van der Waals surface area contributed by atoms with E-state index in [0.717, 1.165) is 10.8 Å². The van der Waals surface area contributed by atoms with Crippen molar-refractivity contribution in [2.45, 2.75) is 45.6 Å². The second kappa shape index (κ2) is 10.1. The summed E-state index contributed by atoms with van der Waals surface area (Å²) in [6, 6.07) is 28.5. The molecule has 1 unspecified atom stereocenters. The minimum atomic E-state index is -0.662. The van der Waals surface area contributed by atoms with E-state index in [0.29, 0.717) is 29.0 Å². The molecule has 4 aromatic carbocycles. The summed E-state index contributed by atoms with van der Waals surface area (Å²) in [5.41, 5.74) is 2.90. The fourth-order valence-corrected chi connectivity index (χ4v) is 4.02. The average Bonchev–Trinajstić information content (AvgIpc) is 2.86. The number of carbonyl (C=O) groups excluding carboxylic acids is 2. The van der Waals surface area contributed by atoms with E-state index in [2.05, 4.69) is 26.1 Å². The number of benzene rings is 4. The maximum Gasteiger partial charge on any atom is 0.265 e. The van der Waals surface area contributed by atoms with Crippen LogP contribution >= 0.6 is 0 Å². The van der Waals surface area contributed by atoms with Crippen molar-refractivity contribution in [1.82, 2.24) is 0 Å². The zero-order chi connectivity index (χ0) is 25.0. The minimum Gasteiger partial charge on any atom is -0.480 e. The number of amides is 1. The van der Waals surface area contributed by atoms with Crippen LogP contribution in [0.5, 0.6) is 5.75 Å². The third kappa shape index (κ3) is 5.60. The Kier molecular flexibility index (Phi) is 7.02. The van der Waals surface area contributed by atoms with Gasteiger partial charge < -0.3 is 10.1 Å². The predicted molar refractivity (Wildman–Crippen MR) is 142 cm³/mol. The number of nitrogens with one attached hydrogen (secondary N) is 1. The molecule has 178 valence electrons. The van der Waals surface area contributed by atoms with Crippen molar-refractivity contribution in [3.05, 3.63) is 108 Å². The molecule has 0 saturated heterocycles. The number of fused-ring (bicyclic) bond motifs is 1. The molecule has 0 fully saturated rings. The lowest BCUT2D eigenvalue weighted by Gasteiger charge is -2.19. The van der Waals surface area contributed by atoms with Gasteiger partial charge in [0.05, 0.1) is 0 Å². The van der Waals surface area contributed by atoms with Crippen LogP contribution in [0.1, 0.15) is 55.6 Å². The summed E-state index contributed by atoms with van der Waals surface area (Å²) in [4.78, 5) is 26.1. The van der Waals surface area contributed by atoms with Crippen LogP contribution in [0.15, 0.2) is 91.0 Å². The number of carbonyl (C=O) groups is 2. The van der Waals surface area contributed by atoms with Gasteiger partial charge in [-0.3, -0.25) is 9.59 Å². The fraction of sp³-hybridized carbons (Fsp3) is 0.226. The van der Waals surface area contributed by atoms with Crippen LogP contribution in [0.3, 0.4) is 0 Å². The number of hydrogen-bond donors (Lipinski definition) is 1. The summed E-state index contributed by atoms with van der Waals surface area (Å²) in [5.74, 6) is 0.341. The Morgan fingerprint density at radius 1 is 0.829 bits per heavy atom. The molecule has 0 saturated carbocycles. The molecule has 35 heavy (non-hydrogen) atoms.